The minimum atomic E-state index is -0.228. The minimum Gasteiger partial charge on any atom is -0.309 e. The van der Waals surface area contributed by atoms with Crippen molar-refractivity contribution in [2.24, 2.45) is 0 Å². The first-order valence-electron chi connectivity index (χ1n) is 13.8. The SMILES string of the molecule is Cc1ccc2c(c1)c1cc(C)cc3c1n2-c1ccc(-c2ccc4c(c2)C(=O)c2ccccc2C4=O)cc1C3(C)C. The standard InChI is InChI=1S/C37H27NO2/c1-20-9-13-32-27(15-20)28-16-21(2)17-31-34(28)38(32)33-14-11-23(19-30(33)37(31,3)4)22-10-12-26-29(18-22)36(40)25-8-6-5-7-24(25)35(26)39/h5-19H,1-4H3. The van der Waals surface area contributed by atoms with E-state index in [0.29, 0.717) is 22.3 Å². The van der Waals surface area contributed by atoms with Crippen LogP contribution < -0.4 is 0 Å². The van der Waals surface area contributed by atoms with Gasteiger partial charge in [0.1, 0.15) is 0 Å². The van der Waals surface area contributed by atoms with Crippen molar-refractivity contribution in [3.8, 4) is 16.8 Å². The fourth-order valence-electron chi connectivity index (χ4n) is 6.97. The van der Waals surface area contributed by atoms with Crippen LogP contribution >= 0.6 is 0 Å². The smallest absolute Gasteiger partial charge is 0.194 e. The zero-order valence-corrected chi connectivity index (χ0v) is 22.9. The highest BCUT2D eigenvalue weighted by Crippen LogP contribution is 2.49. The summed E-state index contributed by atoms with van der Waals surface area (Å²) in [6.45, 7) is 8.95. The monoisotopic (exact) mass is 517 g/mol. The van der Waals surface area contributed by atoms with Gasteiger partial charge in [-0.2, -0.15) is 0 Å². The first-order valence-corrected chi connectivity index (χ1v) is 13.8. The number of rotatable bonds is 1. The molecule has 1 aliphatic heterocycles. The Morgan fingerprint density at radius 1 is 0.575 bits per heavy atom. The van der Waals surface area contributed by atoms with Crippen molar-refractivity contribution in [2.75, 3.05) is 0 Å². The molecule has 0 spiro atoms. The van der Waals surface area contributed by atoms with Crippen LogP contribution in [0.5, 0.6) is 0 Å². The van der Waals surface area contributed by atoms with Gasteiger partial charge in [0, 0.05) is 38.4 Å². The Bertz CT molecular complexity index is 2140. The van der Waals surface area contributed by atoms with Gasteiger partial charge in [-0.25, -0.2) is 0 Å². The molecule has 6 aromatic rings. The second-order valence-electron chi connectivity index (χ2n) is 11.9. The zero-order chi connectivity index (χ0) is 27.5. The van der Waals surface area contributed by atoms with Crippen LogP contribution in [0.15, 0.2) is 91.0 Å². The van der Waals surface area contributed by atoms with Gasteiger partial charge in [-0.1, -0.05) is 73.5 Å². The van der Waals surface area contributed by atoms with E-state index in [1.54, 1.807) is 18.2 Å². The van der Waals surface area contributed by atoms with Gasteiger partial charge in [-0.15, -0.1) is 0 Å². The molecule has 2 heterocycles. The number of fused-ring (bicyclic) bond motifs is 7. The average molecular weight is 518 g/mol. The zero-order valence-electron chi connectivity index (χ0n) is 22.9. The van der Waals surface area contributed by atoms with Crippen LogP contribution in [0.25, 0.3) is 38.6 Å². The van der Waals surface area contributed by atoms with E-state index >= 15 is 0 Å². The largest absolute Gasteiger partial charge is 0.309 e. The van der Waals surface area contributed by atoms with E-state index in [9.17, 15) is 9.59 Å². The van der Waals surface area contributed by atoms with E-state index < -0.39 is 0 Å². The molecule has 1 aliphatic carbocycles. The summed E-state index contributed by atoms with van der Waals surface area (Å²) in [6, 6.07) is 30.8. The van der Waals surface area contributed by atoms with Crippen LogP contribution in [0, 0.1) is 13.8 Å². The minimum absolute atomic E-state index is 0.0889. The molecule has 8 rings (SSSR count). The number of carbonyl (C=O) groups is 2. The molecule has 0 amide bonds. The summed E-state index contributed by atoms with van der Waals surface area (Å²) in [6.07, 6.45) is 0. The van der Waals surface area contributed by atoms with Crippen LogP contribution in [0.1, 0.15) is 67.9 Å². The molecule has 0 unspecified atom stereocenters. The van der Waals surface area contributed by atoms with Gasteiger partial charge >= 0.3 is 0 Å². The van der Waals surface area contributed by atoms with Crippen molar-refractivity contribution in [3.05, 3.63) is 136 Å². The Morgan fingerprint density at radius 3 is 2.00 bits per heavy atom. The Kier molecular flexibility index (Phi) is 4.44. The summed E-state index contributed by atoms with van der Waals surface area (Å²) < 4.78 is 2.43. The van der Waals surface area contributed by atoms with E-state index in [0.717, 1.165) is 11.1 Å². The van der Waals surface area contributed by atoms with Gasteiger partial charge in [0.15, 0.2) is 11.6 Å². The summed E-state index contributed by atoms with van der Waals surface area (Å²) in [5, 5.41) is 2.58. The Hall–Kier alpha value is -4.76. The Morgan fingerprint density at radius 2 is 1.23 bits per heavy atom. The summed E-state index contributed by atoms with van der Waals surface area (Å²) in [5.74, 6) is -0.180. The highest BCUT2D eigenvalue weighted by molar-refractivity contribution is 6.28. The van der Waals surface area contributed by atoms with Crippen molar-refractivity contribution >= 4 is 33.4 Å². The van der Waals surface area contributed by atoms with Gasteiger partial charge in [0.2, 0.25) is 0 Å². The quantitative estimate of drug-likeness (QED) is 0.219. The van der Waals surface area contributed by atoms with Crippen LogP contribution in [-0.2, 0) is 5.41 Å². The predicted octanol–water partition coefficient (Wildman–Crippen LogP) is 8.48. The molecular formula is C37H27NO2. The molecule has 0 bridgehead atoms. The Balaban J connectivity index is 1.35. The normalized spacial score (nSPS) is 14.8. The van der Waals surface area contributed by atoms with Crippen LogP contribution in [0.3, 0.4) is 0 Å². The van der Waals surface area contributed by atoms with Crippen molar-refractivity contribution in [3.63, 3.8) is 0 Å². The van der Waals surface area contributed by atoms with E-state index in [4.69, 9.17) is 0 Å². The van der Waals surface area contributed by atoms with Crippen molar-refractivity contribution in [2.45, 2.75) is 33.1 Å². The summed E-state index contributed by atoms with van der Waals surface area (Å²) in [5.41, 5.74) is 12.4. The molecule has 3 nitrogen and oxygen atoms in total. The highest BCUT2D eigenvalue weighted by Gasteiger charge is 2.36. The third-order valence-electron chi connectivity index (χ3n) is 9.00. The molecular weight excluding hydrogens is 490 g/mol. The summed E-state index contributed by atoms with van der Waals surface area (Å²) in [4.78, 5) is 26.6. The van der Waals surface area contributed by atoms with Crippen LogP contribution in [0.2, 0.25) is 0 Å². The molecule has 0 N–H and O–H groups in total. The molecule has 1 aromatic heterocycles. The maximum absolute atomic E-state index is 13.4. The lowest BCUT2D eigenvalue weighted by atomic mass is 9.73. The lowest BCUT2D eigenvalue weighted by molar-refractivity contribution is 0.0979. The third-order valence-corrected chi connectivity index (χ3v) is 9.00. The van der Waals surface area contributed by atoms with Gasteiger partial charge in [0.25, 0.3) is 0 Å². The highest BCUT2D eigenvalue weighted by atomic mass is 16.1. The topological polar surface area (TPSA) is 39.1 Å². The maximum atomic E-state index is 13.4. The number of aryl methyl sites for hydroxylation is 2. The van der Waals surface area contributed by atoms with Gasteiger partial charge in [0.05, 0.1) is 16.7 Å². The summed E-state index contributed by atoms with van der Waals surface area (Å²) in [7, 11) is 0. The number of carbonyl (C=O) groups excluding carboxylic acids is 2. The number of hydrogen-bond acceptors (Lipinski definition) is 2. The van der Waals surface area contributed by atoms with Gasteiger partial charge < -0.3 is 4.57 Å². The molecule has 0 radical (unpaired) electrons. The molecule has 192 valence electrons. The van der Waals surface area contributed by atoms with Crippen LogP contribution in [-0.4, -0.2) is 16.1 Å². The fourth-order valence-corrected chi connectivity index (χ4v) is 6.97. The van der Waals surface area contributed by atoms with E-state index in [-0.39, 0.29) is 17.0 Å². The Labute approximate surface area is 232 Å². The lowest BCUT2D eigenvalue weighted by Crippen LogP contribution is -2.26. The van der Waals surface area contributed by atoms with Crippen molar-refractivity contribution in [1.29, 1.82) is 0 Å². The molecule has 0 fully saturated rings. The van der Waals surface area contributed by atoms with Crippen molar-refractivity contribution < 1.29 is 9.59 Å². The number of hydrogen-bond donors (Lipinski definition) is 0. The first kappa shape index (κ1) is 23.2. The van der Waals surface area contributed by atoms with Gasteiger partial charge in [-0.3, -0.25) is 9.59 Å². The predicted molar refractivity (Wildman–Crippen MR) is 161 cm³/mol. The summed E-state index contributed by atoms with van der Waals surface area (Å²) >= 11 is 0. The lowest BCUT2D eigenvalue weighted by Gasteiger charge is -2.35. The fraction of sp³-hybridized carbons (Fsp3) is 0.135. The third kappa shape index (κ3) is 2.90. The number of aromatic nitrogens is 1. The number of benzene rings is 5. The van der Waals surface area contributed by atoms with E-state index in [1.807, 2.05) is 24.3 Å². The molecule has 3 heteroatoms. The molecule has 0 saturated heterocycles. The van der Waals surface area contributed by atoms with E-state index in [1.165, 1.54) is 49.7 Å². The second-order valence-corrected chi connectivity index (χ2v) is 11.9. The van der Waals surface area contributed by atoms with Crippen molar-refractivity contribution in [1.82, 2.24) is 4.57 Å². The molecule has 2 aliphatic rings. The molecule has 5 aromatic carbocycles. The molecule has 40 heavy (non-hydrogen) atoms. The molecule has 0 saturated carbocycles. The van der Waals surface area contributed by atoms with Crippen LogP contribution in [0.4, 0.5) is 0 Å². The van der Waals surface area contributed by atoms with Gasteiger partial charge in [-0.05, 0) is 78.6 Å². The first-order chi connectivity index (χ1) is 19.2. The second kappa shape index (κ2) is 7.67. The number of nitrogens with zero attached hydrogens (tertiary/aromatic N) is 1. The maximum Gasteiger partial charge on any atom is 0.194 e. The average Bonchev–Trinajstić information content (AvgIpc) is 3.27. The number of ketones is 2. The van der Waals surface area contributed by atoms with E-state index in [2.05, 4.69) is 80.8 Å². The molecule has 0 atom stereocenters.